The molecule has 0 amide bonds. The van der Waals surface area contributed by atoms with Crippen molar-refractivity contribution in [2.24, 2.45) is 5.92 Å². The van der Waals surface area contributed by atoms with E-state index in [1.165, 1.54) is 32.1 Å². The van der Waals surface area contributed by atoms with Crippen LogP contribution in [0.5, 0.6) is 0 Å². The average Bonchev–Trinajstić information content (AvgIpc) is 2.99. The molecule has 1 aromatic rings. The highest BCUT2D eigenvalue weighted by Crippen LogP contribution is 2.22. The van der Waals surface area contributed by atoms with Crippen molar-refractivity contribution in [1.82, 2.24) is 10.6 Å². The SMILES string of the molecule is CC(C)CNC(=S)NC1C[C@H]2CCC[C@@H](C1)[NH+]2Cc1ccco1. The minimum absolute atomic E-state index is 0.526. The van der Waals surface area contributed by atoms with Crippen LogP contribution in [0, 0.1) is 5.92 Å². The molecule has 0 aliphatic carbocycles. The van der Waals surface area contributed by atoms with Crippen LogP contribution < -0.4 is 15.5 Å². The molecule has 2 fully saturated rings. The largest absolute Gasteiger partial charge is 0.463 e. The first-order chi connectivity index (χ1) is 11.1. The van der Waals surface area contributed by atoms with E-state index in [4.69, 9.17) is 16.6 Å². The van der Waals surface area contributed by atoms with Gasteiger partial charge in [0.15, 0.2) is 10.9 Å². The molecular weight excluding hydrogens is 306 g/mol. The summed E-state index contributed by atoms with van der Waals surface area (Å²) in [5.41, 5.74) is 0. The summed E-state index contributed by atoms with van der Waals surface area (Å²) in [7, 11) is 0. The van der Waals surface area contributed by atoms with Crippen LogP contribution in [0.15, 0.2) is 22.8 Å². The molecular formula is C18H30N3OS+. The zero-order valence-electron chi connectivity index (χ0n) is 14.3. The van der Waals surface area contributed by atoms with Gasteiger partial charge in [-0.15, -0.1) is 0 Å². The van der Waals surface area contributed by atoms with Gasteiger partial charge in [-0.05, 0) is 49.5 Å². The molecule has 0 saturated carbocycles. The van der Waals surface area contributed by atoms with Gasteiger partial charge in [0.05, 0.1) is 18.3 Å². The number of nitrogens with one attached hydrogen (secondary N) is 3. The Labute approximate surface area is 145 Å². The Hall–Kier alpha value is -1.07. The predicted molar refractivity (Wildman–Crippen MR) is 96.4 cm³/mol. The van der Waals surface area contributed by atoms with Crippen molar-refractivity contribution in [2.45, 2.75) is 70.6 Å². The smallest absolute Gasteiger partial charge is 0.166 e. The van der Waals surface area contributed by atoms with Gasteiger partial charge in [0.2, 0.25) is 0 Å². The highest BCUT2D eigenvalue weighted by Gasteiger charge is 2.42. The second kappa shape index (κ2) is 7.67. The van der Waals surface area contributed by atoms with Crippen LogP contribution in [0.1, 0.15) is 51.7 Å². The summed E-state index contributed by atoms with van der Waals surface area (Å²) in [5, 5.41) is 7.74. The van der Waals surface area contributed by atoms with Gasteiger partial charge < -0.3 is 20.0 Å². The maximum atomic E-state index is 5.58. The van der Waals surface area contributed by atoms with E-state index in [2.05, 4.69) is 30.5 Å². The van der Waals surface area contributed by atoms with E-state index in [0.717, 1.165) is 36.0 Å². The number of hydrogen-bond acceptors (Lipinski definition) is 2. The van der Waals surface area contributed by atoms with Gasteiger partial charge in [-0.1, -0.05) is 13.8 Å². The van der Waals surface area contributed by atoms with Crippen molar-refractivity contribution in [3.05, 3.63) is 24.2 Å². The van der Waals surface area contributed by atoms with Crippen LogP contribution in [0.2, 0.25) is 0 Å². The third-order valence-corrected chi connectivity index (χ3v) is 5.52. The molecule has 1 aromatic heterocycles. The number of hydrogen-bond donors (Lipinski definition) is 3. The average molecular weight is 337 g/mol. The first kappa shape index (κ1) is 16.8. The van der Waals surface area contributed by atoms with Gasteiger partial charge in [0.1, 0.15) is 6.54 Å². The standard InChI is InChI=1S/C18H29N3OS/c1-13(2)11-19-18(23)20-14-9-15-5-3-6-16(10-14)21(15)12-17-7-4-8-22-17/h4,7-8,13-16H,3,5-6,9-12H2,1-2H3,(H2,19,20,23)/p+1/t14?,15-,16+. The monoisotopic (exact) mass is 336 g/mol. The number of rotatable bonds is 5. The fourth-order valence-corrected chi connectivity index (χ4v) is 4.44. The summed E-state index contributed by atoms with van der Waals surface area (Å²) < 4.78 is 5.58. The Bertz CT molecular complexity index is 488. The maximum Gasteiger partial charge on any atom is 0.166 e. The van der Waals surface area contributed by atoms with Crippen LogP contribution >= 0.6 is 12.2 Å². The molecule has 2 unspecified atom stereocenters. The zero-order valence-corrected chi connectivity index (χ0v) is 15.1. The molecule has 2 bridgehead atoms. The maximum absolute atomic E-state index is 5.58. The summed E-state index contributed by atoms with van der Waals surface area (Å²) in [6.07, 6.45) is 8.26. The van der Waals surface area contributed by atoms with Gasteiger partial charge in [-0.25, -0.2) is 0 Å². The molecule has 3 rings (SSSR count). The van der Waals surface area contributed by atoms with E-state index in [1.807, 2.05) is 6.07 Å². The molecule has 0 spiro atoms. The van der Waals surface area contributed by atoms with Crippen molar-refractivity contribution in [1.29, 1.82) is 0 Å². The fourth-order valence-electron chi connectivity index (χ4n) is 4.19. The summed E-state index contributed by atoms with van der Waals surface area (Å²) in [6, 6.07) is 6.10. The van der Waals surface area contributed by atoms with E-state index in [9.17, 15) is 0 Å². The normalized spacial score (nSPS) is 30.2. The van der Waals surface area contributed by atoms with Gasteiger partial charge in [-0.2, -0.15) is 0 Å². The lowest BCUT2D eigenvalue weighted by atomic mass is 9.81. The lowest BCUT2D eigenvalue weighted by Crippen LogP contribution is -3.20. The lowest BCUT2D eigenvalue weighted by molar-refractivity contribution is -0.974. The molecule has 2 saturated heterocycles. The molecule has 0 radical (unpaired) electrons. The molecule has 3 heterocycles. The van der Waals surface area contributed by atoms with Crippen LogP contribution in [-0.2, 0) is 6.54 Å². The van der Waals surface area contributed by atoms with Crippen LogP contribution in [0.4, 0.5) is 0 Å². The van der Waals surface area contributed by atoms with E-state index in [-0.39, 0.29) is 0 Å². The van der Waals surface area contributed by atoms with Crippen molar-refractivity contribution in [2.75, 3.05) is 6.54 Å². The second-order valence-electron chi connectivity index (χ2n) is 7.57. The Kier molecular flexibility index (Phi) is 5.59. The van der Waals surface area contributed by atoms with E-state index in [1.54, 1.807) is 11.2 Å². The summed E-state index contributed by atoms with van der Waals surface area (Å²) >= 11 is 5.46. The minimum Gasteiger partial charge on any atom is -0.463 e. The van der Waals surface area contributed by atoms with Crippen molar-refractivity contribution in [3.8, 4) is 0 Å². The van der Waals surface area contributed by atoms with Crippen LogP contribution in [-0.4, -0.2) is 29.8 Å². The molecule has 3 N–H and O–H groups in total. The van der Waals surface area contributed by atoms with Crippen molar-refractivity contribution >= 4 is 17.3 Å². The molecule has 2 aliphatic rings. The molecule has 0 aromatic carbocycles. The third kappa shape index (κ3) is 4.48. The molecule has 4 nitrogen and oxygen atoms in total. The lowest BCUT2D eigenvalue weighted by Gasteiger charge is -2.45. The number of piperidine rings is 2. The van der Waals surface area contributed by atoms with E-state index >= 15 is 0 Å². The minimum atomic E-state index is 0.526. The molecule has 4 atom stereocenters. The zero-order chi connectivity index (χ0) is 16.2. The van der Waals surface area contributed by atoms with Gasteiger partial charge >= 0.3 is 0 Å². The molecule has 2 aliphatic heterocycles. The highest BCUT2D eigenvalue weighted by molar-refractivity contribution is 7.80. The Morgan fingerprint density at radius 3 is 2.70 bits per heavy atom. The molecule has 5 heteroatoms. The van der Waals surface area contributed by atoms with Crippen molar-refractivity contribution < 1.29 is 9.32 Å². The van der Waals surface area contributed by atoms with Gasteiger partial charge in [0.25, 0.3) is 0 Å². The Morgan fingerprint density at radius 2 is 2.09 bits per heavy atom. The van der Waals surface area contributed by atoms with Gasteiger partial charge in [0, 0.05) is 25.4 Å². The number of fused-ring (bicyclic) bond motifs is 2. The Balaban J connectivity index is 1.54. The van der Waals surface area contributed by atoms with Crippen molar-refractivity contribution in [3.63, 3.8) is 0 Å². The summed E-state index contributed by atoms with van der Waals surface area (Å²) in [5.74, 6) is 1.74. The predicted octanol–water partition coefficient (Wildman–Crippen LogP) is 1.87. The quantitative estimate of drug-likeness (QED) is 0.718. The first-order valence-corrected chi connectivity index (χ1v) is 9.45. The number of furan rings is 1. The third-order valence-electron chi connectivity index (χ3n) is 5.26. The highest BCUT2D eigenvalue weighted by atomic mass is 32.1. The topological polar surface area (TPSA) is 41.6 Å². The molecule has 128 valence electrons. The number of thiocarbonyl (C=S) groups is 1. The summed E-state index contributed by atoms with van der Waals surface area (Å²) in [4.78, 5) is 1.73. The van der Waals surface area contributed by atoms with E-state index in [0.29, 0.717) is 12.0 Å². The van der Waals surface area contributed by atoms with Crippen LogP contribution in [0.3, 0.4) is 0 Å². The molecule has 23 heavy (non-hydrogen) atoms. The van der Waals surface area contributed by atoms with Crippen LogP contribution in [0.25, 0.3) is 0 Å². The fraction of sp³-hybridized carbons (Fsp3) is 0.722. The van der Waals surface area contributed by atoms with Gasteiger partial charge in [-0.3, -0.25) is 0 Å². The Morgan fingerprint density at radius 1 is 1.35 bits per heavy atom. The number of quaternary nitrogens is 1. The van der Waals surface area contributed by atoms with E-state index < -0.39 is 0 Å². The second-order valence-corrected chi connectivity index (χ2v) is 7.98. The summed E-state index contributed by atoms with van der Waals surface area (Å²) in [6.45, 7) is 6.39. The first-order valence-electron chi connectivity index (χ1n) is 9.04.